The van der Waals surface area contributed by atoms with Crippen LogP contribution in [-0.2, 0) is 6.42 Å². The maximum Gasteiger partial charge on any atom is 0.134 e. The van der Waals surface area contributed by atoms with Crippen molar-refractivity contribution < 1.29 is 0 Å². The Labute approximate surface area is 115 Å². The van der Waals surface area contributed by atoms with Gasteiger partial charge in [0.05, 0.1) is 0 Å². The first-order valence-electron chi connectivity index (χ1n) is 7.54. The third kappa shape index (κ3) is 2.53. The molecule has 2 aliphatic carbocycles. The van der Waals surface area contributed by atoms with Gasteiger partial charge in [0.25, 0.3) is 0 Å². The first-order chi connectivity index (χ1) is 9.29. The summed E-state index contributed by atoms with van der Waals surface area (Å²) in [5.41, 5.74) is 1.84. The zero-order valence-electron chi connectivity index (χ0n) is 12.0. The van der Waals surface area contributed by atoms with E-state index in [-0.39, 0.29) is 0 Å². The Morgan fingerprint density at radius 2 is 2.00 bits per heavy atom. The molecule has 0 aliphatic heterocycles. The van der Waals surface area contributed by atoms with Crippen LogP contribution in [-0.4, -0.2) is 23.6 Å². The Morgan fingerprint density at radius 3 is 2.58 bits per heavy atom. The van der Waals surface area contributed by atoms with Crippen molar-refractivity contribution in [1.29, 1.82) is 0 Å². The number of hydrogen-bond acceptors (Lipinski definition) is 4. The standard InChI is InChI=1S/C15H24N4/c1-3-4-12-13(16-2)18-10-19-14(12)17-9-15(7-8-15)11-5-6-11/h10-11H,3-9H2,1-2H3,(H2,16,17,18,19). The van der Waals surface area contributed by atoms with E-state index in [1.54, 1.807) is 6.33 Å². The van der Waals surface area contributed by atoms with Gasteiger partial charge in [-0.15, -0.1) is 0 Å². The van der Waals surface area contributed by atoms with Gasteiger partial charge in [-0.1, -0.05) is 13.3 Å². The Kier molecular flexibility index (Phi) is 3.33. The molecule has 1 aromatic heterocycles. The van der Waals surface area contributed by atoms with Crippen LogP contribution in [0.25, 0.3) is 0 Å². The highest BCUT2D eigenvalue weighted by Gasteiger charge is 2.53. The molecule has 0 radical (unpaired) electrons. The van der Waals surface area contributed by atoms with Gasteiger partial charge in [0.15, 0.2) is 0 Å². The third-order valence-electron chi connectivity index (χ3n) is 4.63. The number of hydrogen-bond donors (Lipinski definition) is 2. The number of aromatic nitrogens is 2. The van der Waals surface area contributed by atoms with Crippen LogP contribution in [0.3, 0.4) is 0 Å². The second-order valence-corrected chi connectivity index (χ2v) is 6.04. The molecule has 0 spiro atoms. The van der Waals surface area contributed by atoms with Crippen molar-refractivity contribution in [3.05, 3.63) is 11.9 Å². The maximum atomic E-state index is 4.45. The molecule has 2 N–H and O–H groups in total. The van der Waals surface area contributed by atoms with Crippen LogP contribution >= 0.6 is 0 Å². The van der Waals surface area contributed by atoms with E-state index in [4.69, 9.17) is 0 Å². The molecule has 2 saturated carbocycles. The Morgan fingerprint density at radius 1 is 1.26 bits per heavy atom. The lowest BCUT2D eigenvalue weighted by molar-refractivity contribution is 0.466. The van der Waals surface area contributed by atoms with Crippen LogP contribution in [0.15, 0.2) is 6.33 Å². The monoisotopic (exact) mass is 260 g/mol. The quantitative estimate of drug-likeness (QED) is 0.791. The first kappa shape index (κ1) is 12.7. The van der Waals surface area contributed by atoms with Crippen LogP contribution in [0.1, 0.15) is 44.6 Å². The molecule has 1 aromatic rings. The summed E-state index contributed by atoms with van der Waals surface area (Å²) in [6.07, 6.45) is 9.48. The van der Waals surface area contributed by atoms with Crippen molar-refractivity contribution in [2.45, 2.75) is 45.4 Å². The molecule has 2 aliphatic rings. The first-order valence-corrected chi connectivity index (χ1v) is 7.54. The Balaban J connectivity index is 1.72. The summed E-state index contributed by atoms with van der Waals surface area (Å²) in [4.78, 5) is 8.78. The van der Waals surface area contributed by atoms with Crippen LogP contribution in [0.5, 0.6) is 0 Å². The summed E-state index contributed by atoms with van der Waals surface area (Å²) >= 11 is 0. The van der Waals surface area contributed by atoms with Crippen molar-refractivity contribution in [3.63, 3.8) is 0 Å². The van der Waals surface area contributed by atoms with Crippen molar-refractivity contribution >= 4 is 11.6 Å². The van der Waals surface area contributed by atoms with E-state index in [0.717, 1.165) is 36.9 Å². The highest BCUT2D eigenvalue weighted by atomic mass is 15.1. The van der Waals surface area contributed by atoms with Gasteiger partial charge in [-0.2, -0.15) is 0 Å². The molecule has 104 valence electrons. The highest BCUT2D eigenvalue weighted by molar-refractivity contribution is 5.57. The SMILES string of the molecule is CCCc1c(NC)ncnc1NCC1(C2CC2)CC1. The minimum absolute atomic E-state index is 0.605. The van der Waals surface area contributed by atoms with E-state index < -0.39 is 0 Å². The van der Waals surface area contributed by atoms with Gasteiger partial charge < -0.3 is 10.6 Å². The normalized spacial score (nSPS) is 20.1. The van der Waals surface area contributed by atoms with Gasteiger partial charge in [0, 0.05) is 19.2 Å². The fraction of sp³-hybridized carbons (Fsp3) is 0.733. The van der Waals surface area contributed by atoms with E-state index in [1.807, 2.05) is 7.05 Å². The predicted molar refractivity (Wildman–Crippen MR) is 78.5 cm³/mol. The fourth-order valence-corrected chi connectivity index (χ4v) is 3.11. The molecule has 0 amide bonds. The summed E-state index contributed by atoms with van der Waals surface area (Å²) < 4.78 is 0. The smallest absolute Gasteiger partial charge is 0.134 e. The molecule has 0 unspecified atom stereocenters. The second-order valence-electron chi connectivity index (χ2n) is 6.04. The lowest BCUT2D eigenvalue weighted by Gasteiger charge is -2.18. The van der Waals surface area contributed by atoms with Crippen LogP contribution < -0.4 is 10.6 Å². The molecule has 4 nitrogen and oxygen atoms in total. The average Bonchev–Trinajstić information content (AvgIpc) is 3.28. The van der Waals surface area contributed by atoms with Crippen LogP contribution in [0, 0.1) is 11.3 Å². The number of anilines is 2. The molecule has 1 heterocycles. The van der Waals surface area contributed by atoms with Crippen LogP contribution in [0.4, 0.5) is 11.6 Å². The lowest BCUT2D eigenvalue weighted by atomic mass is 10.0. The van der Waals surface area contributed by atoms with Gasteiger partial charge in [-0.3, -0.25) is 0 Å². The molecule has 19 heavy (non-hydrogen) atoms. The maximum absolute atomic E-state index is 4.45. The predicted octanol–water partition coefficient (Wildman–Crippen LogP) is 3.07. The van der Waals surface area contributed by atoms with Crippen molar-refractivity contribution in [2.24, 2.45) is 11.3 Å². The van der Waals surface area contributed by atoms with Gasteiger partial charge in [0.2, 0.25) is 0 Å². The average molecular weight is 260 g/mol. The molecule has 4 heteroatoms. The van der Waals surface area contributed by atoms with E-state index in [9.17, 15) is 0 Å². The minimum Gasteiger partial charge on any atom is -0.373 e. The van der Waals surface area contributed by atoms with E-state index in [0.29, 0.717) is 5.41 Å². The fourth-order valence-electron chi connectivity index (χ4n) is 3.11. The number of nitrogens with one attached hydrogen (secondary N) is 2. The molecular formula is C15H24N4. The van der Waals surface area contributed by atoms with Gasteiger partial charge >= 0.3 is 0 Å². The second kappa shape index (κ2) is 4.99. The minimum atomic E-state index is 0.605. The molecule has 0 atom stereocenters. The molecule has 2 fully saturated rings. The lowest BCUT2D eigenvalue weighted by Crippen LogP contribution is -2.19. The summed E-state index contributed by atoms with van der Waals surface area (Å²) in [6.45, 7) is 3.29. The van der Waals surface area contributed by atoms with E-state index >= 15 is 0 Å². The summed E-state index contributed by atoms with van der Waals surface area (Å²) in [5.74, 6) is 2.99. The summed E-state index contributed by atoms with van der Waals surface area (Å²) in [5, 5.41) is 6.78. The molecule has 3 rings (SSSR count). The molecule has 0 bridgehead atoms. The van der Waals surface area contributed by atoms with Gasteiger partial charge in [0.1, 0.15) is 18.0 Å². The summed E-state index contributed by atoms with van der Waals surface area (Å²) in [7, 11) is 1.93. The summed E-state index contributed by atoms with van der Waals surface area (Å²) in [6, 6.07) is 0. The van der Waals surface area contributed by atoms with E-state index in [2.05, 4.69) is 27.5 Å². The highest BCUT2D eigenvalue weighted by Crippen LogP contribution is 2.61. The van der Waals surface area contributed by atoms with Crippen LogP contribution in [0.2, 0.25) is 0 Å². The number of rotatable bonds is 7. The topological polar surface area (TPSA) is 49.8 Å². The van der Waals surface area contributed by atoms with Gasteiger partial charge in [-0.05, 0) is 43.4 Å². The zero-order valence-corrected chi connectivity index (χ0v) is 12.0. The molecule has 0 aromatic carbocycles. The third-order valence-corrected chi connectivity index (χ3v) is 4.63. The molecular weight excluding hydrogens is 236 g/mol. The Bertz CT molecular complexity index is 449. The number of nitrogens with zero attached hydrogens (tertiary/aromatic N) is 2. The largest absolute Gasteiger partial charge is 0.373 e. The van der Waals surface area contributed by atoms with Gasteiger partial charge in [-0.25, -0.2) is 9.97 Å². The molecule has 0 saturated heterocycles. The van der Waals surface area contributed by atoms with Crippen molar-refractivity contribution in [1.82, 2.24) is 9.97 Å². The Hall–Kier alpha value is -1.32. The van der Waals surface area contributed by atoms with Crippen molar-refractivity contribution in [2.75, 3.05) is 24.2 Å². The van der Waals surface area contributed by atoms with E-state index in [1.165, 1.54) is 31.2 Å². The zero-order chi connectivity index (χ0) is 13.3. The van der Waals surface area contributed by atoms with Crippen molar-refractivity contribution in [3.8, 4) is 0 Å².